The predicted octanol–water partition coefficient (Wildman–Crippen LogP) is 3.22. The molecular weight excluding hydrogens is 278 g/mol. The van der Waals surface area contributed by atoms with E-state index in [-0.39, 0.29) is 11.9 Å². The van der Waals surface area contributed by atoms with Crippen molar-refractivity contribution in [2.45, 2.75) is 39.2 Å². The number of hydrogen-bond donors (Lipinski definition) is 1. The molecule has 0 aliphatic heterocycles. The Morgan fingerprint density at radius 3 is 2.88 bits per heavy atom. The summed E-state index contributed by atoms with van der Waals surface area (Å²) in [5.41, 5.74) is 2.28. The Kier molecular flexibility index (Phi) is 6.27. The van der Waals surface area contributed by atoms with Gasteiger partial charge in [0, 0.05) is 11.4 Å². The van der Waals surface area contributed by atoms with Crippen molar-refractivity contribution in [3.05, 3.63) is 35.4 Å². The zero-order valence-electron chi connectivity index (χ0n) is 10.5. The second kappa shape index (κ2) is 7.49. The predicted molar refractivity (Wildman–Crippen MR) is 75.5 cm³/mol. The van der Waals surface area contributed by atoms with E-state index in [1.54, 1.807) is 0 Å². The van der Waals surface area contributed by atoms with Gasteiger partial charge in [0.2, 0.25) is 5.91 Å². The van der Waals surface area contributed by atoms with E-state index in [9.17, 15) is 4.79 Å². The van der Waals surface area contributed by atoms with Gasteiger partial charge >= 0.3 is 0 Å². The van der Waals surface area contributed by atoms with E-state index in [2.05, 4.69) is 34.2 Å². The van der Waals surface area contributed by atoms with Crippen LogP contribution in [0.5, 0.6) is 0 Å². The molecular formula is C14H20BrNO. The highest BCUT2D eigenvalue weighted by Gasteiger charge is 2.07. The first-order chi connectivity index (χ1) is 8.11. The van der Waals surface area contributed by atoms with Crippen molar-refractivity contribution in [1.82, 2.24) is 5.32 Å². The maximum absolute atomic E-state index is 11.8. The van der Waals surface area contributed by atoms with E-state index in [4.69, 9.17) is 0 Å². The van der Waals surface area contributed by atoms with Crippen LogP contribution in [-0.4, -0.2) is 17.3 Å². The van der Waals surface area contributed by atoms with Crippen LogP contribution in [0, 0.1) is 6.92 Å². The number of carbonyl (C=O) groups is 1. The van der Waals surface area contributed by atoms with Gasteiger partial charge in [-0.2, -0.15) is 0 Å². The summed E-state index contributed by atoms with van der Waals surface area (Å²) in [5, 5.41) is 4.01. The molecule has 0 aromatic heterocycles. The number of alkyl halides is 1. The molecule has 1 atom stereocenters. The highest BCUT2D eigenvalue weighted by molar-refractivity contribution is 9.09. The van der Waals surface area contributed by atoms with E-state index >= 15 is 0 Å². The molecule has 1 aromatic rings. The molecule has 1 rings (SSSR count). The second-order valence-electron chi connectivity index (χ2n) is 4.47. The molecule has 0 aliphatic carbocycles. The van der Waals surface area contributed by atoms with Gasteiger partial charge in [-0.3, -0.25) is 4.79 Å². The van der Waals surface area contributed by atoms with Crippen LogP contribution in [0.2, 0.25) is 0 Å². The summed E-state index contributed by atoms with van der Waals surface area (Å²) in [6.07, 6.45) is 2.58. The summed E-state index contributed by atoms with van der Waals surface area (Å²) < 4.78 is 0. The minimum absolute atomic E-state index is 0.109. The van der Waals surface area contributed by atoms with Crippen molar-refractivity contribution in [2.75, 3.05) is 5.33 Å². The van der Waals surface area contributed by atoms with Gasteiger partial charge in [0.1, 0.15) is 0 Å². The lowest BCUT2D eigenvalue weighted by atomic mass is 10.1. The number of nitrogens with one attached hydrogen (secondary N) is 1. The molecule has 1 amide bonds. The number of rotatable bonds is 6. The van der Waals surface area contributed by atoms with Crippen LogP contribution in [0.3, 0.4) is 0 Å². The zero-order chi connectivity index (χ0) is 12.7. The number of hydrogen-bond acceptors (Lipinski definition) is 1. The lowest BCUT2D eigenvalue weighted by Crippen LogP contribution is -2.33. The van der Waals surface area contributed by atoms with Crippen molar-refractivity contribution in [3.63, 3.8) is 0 Å². The number of amides is 1. The molecule has 1 unspecified atom stereocenters. The van der Waals surface area contributed by atoms with Gasteiger partial charge < -0.3 is 5.32 Å². The van der Waals surface area contributed by atoms with Crippen molar-refractivity contribution in [3.8, 4) is 0 Å². The van der Waals surface area contributed by atoms with Gasteiger partial charge in [0.25, 0.3) is 0 Å². The fraction of sp³-hybridized carbons (Fsp3) is 0.500. The van der Waals surface area contributed by atoms with E-state index in [1.165, 1.54) is 5.56 Å². The summed E-state index contributed by atoms with van der Waals surface area (Å²) in [7, 11) is 0. The number of aryl methyl sites for hydroxylation is 1. The molecule has 1 aromatic carbocycles. The maximum atomic E-state index is 11.8. The normalized spacial score (nSPS) is 12.2. The van der Waals surface area contributed by atoms with Crippen LogP contribution in [0.4, 0.5) is 0 Å². The van der Waals surface area contributed by atoms with Gasteiger partial charge in [-0.1, -0.05) is 45.8 Å². The molecule has 3 heteroatoms. The van der Waals surface area contributed by atoms with E-state index in [1.807, 2.05) is 25.1 Å². The summed E-state index contributed by atoms with van der Waals surface area (Å²) in [5.74, 6) is 0.109. The van der Waals surface area contributed by atoms with Gasteiger partial charge in [-0.25, -0.2) is 0 Å². The second-order valence-corrected chi connectivity index (χ2v) is 5.26. The van der Waals surface area contributed by atoms with Crippen LogP contribution >= 0.6 is 15.9 Å². The summed E-state index contributed by atoms with van der Waals surface area (Å²) in [6, 6.07) is 8.34. The van der Waals surface area contributed by atoms with Gasteiger partial charge in [0.05, 0.1) is 6.42 Å². The first-order valence-corrected chi connectivity index (χ1v) is 7.15. The standard InChI is InChI=1S/C14H20BrNO/c1-11-5-3-7-13(9-11)10-14(17)16-12(2)6-4-8-15/h3,5,7,9,12H,4,6,8,10H2,1-2H3,(H,16,17). The molecule has 0 bridgehead atoms. The topological polar surface area (TPSA) is 29.1 Å². The monoisotopic (exact) mass is 297 g/mol. The number of halogens is 1. The third-order valence-corrected chi connectivity index (χ3v) is 3.19. The average molecular weight is 298 g/mol. The molecule has 0 aliphatic rings. The minimum Gasteiger partial charge on any atom is -0.353 e. The van der Waals surface area contributed by atoms with Crippen molar-refractivity contribution in [2.24, 2.45) is 0 Å². The Morgan fingerprint density at radius 2 is 2.24 bits per heavy atom. The van der Waals surface area contributed by atoms with Crippen molar-refractivity contribution in [1.29, 1.82) is 0 Å². The van der Waals surface area contributed by atoms with Crippen molar-refractivity contribution < 1.29 is 4.79 Å². The first kappa shape index (κ1) is 14.2. The summed E-state index contributed by atoms with van der Waals surface area (Å²) in [6.45, 7) is 4.09. The quantitative estimate of drug-likeness (QED) is 0.803. The summed E-state index contributed by atoms with van der Waals surface area (Å²) >= 11 is 3.39. The van der Waals surface area contributed by atoms with Crippen LogP contribution in [-0.2, 0) is 11.2 Å². The summed E-state index contributed by atoms with van der Waals surface area (Å²) in [4.78, 5) is 11.8. The van der Waals surface area contributed by atoms with E-state index in [0.717, 1.165) is 23.7 Å². The third kappa shape index (κ3) is 5.87. The van der Waals surface area contributed by atoms with Gasteiger partial charge in [-0.05, 0) is 32.3 Å². The lowest BCUT2D eigenvalue weighted by molar-refractivity contribution is -0.121. The molecule has 1 N–H and O–H groups in total. The zero-order valence-corrected chi connectivity index (χ0v) is 12.1. The van der Waals surface area contributed by atoms with E-state index < -0.39 is 0 Å². The van der Waals surface area contributed by atoms with Crippen LogP contribution in [0.1, 0.15) is 30.9 Å². The molecule has 94 valence electrons. The molecule has 2 nitrogen and oxygen atoms in total. The Labute approximate surface area is 112 Å². The maximum Gasteiger partial charge on any atom is 0.224 e. The van der Waals surface area contributed by atoms with Crippen LogP contribution in [0.25, 0.3) is 0 Å². The Bertz CT molecular complexity index is 365. The highest BCUT2D eigenvalue weighted by Crippen LogP contribution is 2.05. The molecule has 0 fully saturated rings. The molecule has 0 spiro atoms. The molecule has 0 saturated carbocycles. The number of benzene rings is 1. The fourth-order valence-electron chi connectivity index (χ4n) is 1.79. The smallest absolute Gasteiger partial charge is 0.224 e. The molecule has 0 saturated heterocycles. The fourth-order valence-corrected chi connectivity index (χ4v) is 2.11. The minimum atomic E-state index is 0.109. The molecule has 0 radical (unpaired) electrons. The molecule has 17 heavy (non-hydrogen) atoms. The van der Waals surface area contributed by atoms with Crippen LogP contribution in [0.15, 0.2) is 24.3 Å². The van der Waals surface area contributed by atoms with Crippen LogP contribution < -0.4 is 5.32 Å². The van der Waals surface area contributed by atoms with Gasteiger partial charge in [0.15, 0.2) is 0 Å². The SMILES string of the molecule is Cc1cccc(CC(=O)NC(C)CCCBr)c1. The third-order valence-electron chi connectivity index (χ3n) is 2.63. The molecule has 0 heterocycles. The van der Waals surface area contributed by atoms with Gasteiger partial charge in [-0.15, -0.1) is 0 Å². The largest absolute Gasteiger partial charge is 0.353 e. The first-order valence-electron chi connectivity index (χ1n) is 6.02. The Hall–Kier alpha value is -0.830. The lowest BCUT2D eigenvalue weighted by Gasteiger charge is -2.13. The van der Waals surface area contributed by atoms with E-state index in [0.29, 0.717) is 6.42 Å². The van der Waals surface area contributed by atoms with Crippen molar-refractivity contribution >= 4 is 21.8 Å². The number of carbonyl (C=O) groups excluding carboxylic acids is 1. The average Bonchev–Trinajstić information content (AvgIpc) is 2.26. The Morgan fingerprint density at radius 1 is 1.47 bits per heavy atom. The highest BCUT2D eigenvalue weighted by atomic mass is 79.9. The Balaban J connectivity index is 2.39.